The van der Waals surface area contributed by atoms with E-state index in [0.717, 1.165) is 40.9 Å². The van der Waals surface area contributed by atoms with Gasteiger partial charge in [0.2, 0.25) is 0 Å². The largest absolute Gasteiger partial charge is 0.497 e. The van der Waals surface area contributed by atoms with E-state index in [0.29, 0.717) is 19.5 Å². The molecule has 1 heterocycles. The lowest BCUT2D eigenvalue weighted by molar-refractivity contribution is -0.137. The van der Waals surface area contributed by atoms with Gasteiger partial charge in [0.25, 0.3) is 0 Å². The molecule has 0 unspecified atom stereocenters. The molecule has 0 saturated heterocycles. The number of nitrogens with one attached hydrogen (secondary N) is 3. The molecule has 8 heteroatoms. The van der Waals surface area contributed by atoms with Crippen LogP contribution >= 0.6 is 0 Å². The van der Waals surface area contributed by atoms with E-state index in [1.54, 1.807) is 14.2 Å². The molecule has 2 amide bonds. The molecule has 0 fully saturated rings. The summed E-state index contributed by atoms with van der Waals surface area (Å²) in [5.74, 6) is 0.615. The third-order valence-corrected chi connectivity index (χ3v) is 3.95. The molecule has 0 aliphatic carbocycles. The molecule has 2 aromatic rings. The summed E-state index contributed by atoms with van der Waals surface area (Å²) in [6, 6.07) is 5.53. The maximum atomic E-state index is 11.6. The number of rotatable bonds is 10. The van der Waals surface area contributed by atoms with Crippen molar-refractivity contribution in [2.24, 2.45) is 0 Å². The molecule has 1 aromatic heterocycles. The number of aromatic amines is 1. The molecule has 0 saturated carbocycles. The molecule has 1 aromatic carbocycles. The molecule has 2 rings (SSSR count). The minimum atomic E-state index is -0.861. The van der Waals surface area contributed by atoms with Gasteiger partial charge in [-0.1, -0.05) is 0 Å². The van der Waals surface area contributed by atoms with E-state index < -0.39 is 5.97 Å². The maximum absolute atomic E-state index is 11.6. The van der Waals surface area contributed by atoms with Crippen LogP contribution in [0.3, 0.4) is 0 Å². The van der Waals surface area contributed by atoms with Gasteiger partial charge in [-0.25, -0.2) is 4.79 Å². The van der Waals surface area contributed by atoms with E-state index in [1.807, 2.05) is 18.2 Å². The number of amides is 2. The number of methoxy groups -OCH3 is 2. The zero-order valence-corrected chi connectivity index (χ0v) is 15.1. The normalized spacial score (nSPS) is 10.5. The first-order chi connectivity index (χ1) is 12.5. The Labute approximate surface area is 151 Å². The zero-order valence-electron chi connectivity index (χ0n) is 15.1. The summed E-state index contributed by atoms with van der Waals surface area (Å²) < 4.78 is 10.7. The van der Waals surface area contributed by atoms with Gasteiger partial charge in [0.15, 0.2) is 0 Å². The number of carboxylic acids is 1. The predicted octanol–water partition coefficient (Wildman–Crippen LogP) is 2.28. The third-order valence-electron chi connectivity index (χ3n) is 3.95. The fraction of sp³-hybridized carbons (Fsp3) is 0.444. The fourth-order valence-corrected chi connectivity index (χ4v) is 2.64. The molecular weight excluding hydrogens is 338 g/mol. The number of fused-ring (bicyclic) bond motifs is 1. The molecule has 0 radical (unpaired) electrons. The number of aliphatic carboxylic acids is 1. The van der Waals surface area contributed by atoms with Crippen LogP contribution in [0.4, 0.5) is 4.79 Å². The Morgan fingerprint density at radius 3 is 2.46 bits per heavy atom. The number of aromatic nitrogens is 1. The van der Waals surface area contributed by atoms with Crippen LogP contribution in [-0.2, 0) is 11.2 Å². The van der Waals surface area contributed by atoms with Crippen molar-refractivity contribution < 1.29 is 24.2 Å². The Hall–Kier alpha value is -2.90. The molecule has 0 aliphatic rings. The van der Waals surface area contributed by atoms with Gasteiger partial charge in [0.1, 0.15) is 11.5 Å². The predicted molar refractivity (Wildman–Crippen MR) is 98.0 cm³/mol. The minimum absolute atomic E-state index is 0.0505. The first kappa shape index (κ1) is 19.4. The Bertz CT molecular complexity index is 757. The number of carbonyl (C=O) groups excluding carboxylic acids is 1. The standard InChI is InChI=1S/C18H25N3O5/c1-25-13-10-15-14(16(11-13)26-2)9-12(21-15)5-3-7-19-18(24)20-8-4-6-17(22)23/h9-11,21H,3-8H2,1-2H3,(H,22,23)(H2,19,20,24). The number of carboxylic acid groups (broad SMARTS) is 1. The van der Waals surface area contributed by atoms with Crippen LogP contribution < -0.4 is 20.1 Å². The van der Waals surface area contributed by atoms with E-state index in [9.17, 15) is 9.59 Å². The summed E-state index contributed by atoms with van der Waals surface area (Å²) in [4.78, 5) is 25.3. The van der Waals surface area contributed by atoms with Gasteiger partial charge in [-0.05, 0) is 25.3 Å². The topological polar surface area (TPSA) is 113 Å². The summed E-state index contributed by atoms with van der Waals surface area (Å²) in [6.45, 7) is 0.877. The highest BCUT2D eigenvalue weighted by molar-refractivity contribution is 5.88. The second-order valence-corrected chi connectivity index (χ2v) is 5.87. The molecule has 0 aliphatic heterocycles. The number of hydrogen-bond donors (Lipinski definition) is 4. The highest BCUT2D eigenvalue weighted by Crippen LogP contribution is 2.31. The average molecular weight is 363 g/mol. The van der Waals surface area contributed by atoms with Crippen LogP contribution in [0.1, 0.15) is 25.0 Å². The first-order valence-corrected chi connectivity index (χ1v) is 8.50. The molecule has 0 bridgehead atoms. The van der Waals surface area contributed by atoms with Crippen LogP contribution in [0.5, 0.6) is 11.5 Å². The van der Waals surface area contributed by atoms with E-state index in [2.05, 4.69) is 15.6 Å². The highest BCUT2D eigenvalue weighted by Gasteiger charge is 2.09. The van der Waals surface area contributed by atoms with Gasteiger partial charge in [0, 0.05) is 42.7 Å². The van der Waals surface area contributed by atoms with Gasteiger partial charge in [-0.3, -0.25) is 4.79 Å². The monoisotopic (exact) mass is 363 g/mol. The summed E-state index contributed by atoms with van der Waals surface area (Å²) in [5, 5.41) is 14.9. The smallest absolute Gasteiger partial charge is 0.314 e. The Morgan fingerprint density at radius 2 is 1.81 bits per heavy atom. The molecule has 4 N–H and O–H groups in total. The summed E-state index contributed by atoms with van der Waals surface area (Å²) in [5.41, 5.74) is 2.00. The highest BCUT2D eigenvalue weighted by atomic mass is 16.5. The number of ether oxygens (including phenoxy) is 2. The zero-order chi connectivity index (χ0) is 18.9. The van der Waals surface area contributed by atoms with Crippen molar-refractivity contribution in [1.29, 1.82) is 0 Å². The van der Waals surface area contributed by atoms with Crippen LogP contribution in [0.25, 0.3) is 10.9 Å². The van der Waals surface area contributed by atoms with E-state index in [-0.39, 0.29) is 12.5 Å². The van der Waals surface area contributed by atoms with Crippen molar-refractivity contribution >= 4 is 22.9 Å². The van der Waals surface area contributed by atoms with Crippen LogP contribution in [-0.4, -0.2) is 49.4 Å². The van der Waals surface area contributed by atoms with Crippen LogP contribution in [0, 0.1) is 0 Å². The van der Waals surface area contributed by atoms with E-state index in [4.69, 9.17) is 14.6 Å². The molecule has 8 nitrogen and oxygen atoms in total. The Kier molecular flexibility index (Phi) is 7.13. The number of carbonyl (C=O) groups is 2. The maximum Gasteiger partial charge on any atom is 0.314 e. The molecule has 142 valence electrons. The van der Waals surface area contributed by atoms with Crippen molar-refractivity contribution in [3.05, 3.63) is 23.9 Å². The molecule has 0 atom stereocenters. The average Bonchev–Trinajstić information content (AvgIpc) is 3.04. The molecule has 0 spiro atoms. The van der Waals surface area contributed by atoms with Crippen LogP contribution in [0.15, 0.2) is 18.2 Å². The number of aryl methyl sites for hydroxylation is 1. The van der Waals surface area contributed by atoms with Crippen LogP contribution in [0.2, 0.25) is 0 Å². The second kappa shape index (κ2) is 9.55. The summed E-state index contributed by atoms with van der Waals surface area (Å²) in [7, 11) is 3.24. The van der Waals surface area contributed by atoms with Gasteiger partial charge in [-0.15, -0.1) is 0 Å². The number of urea groups is 1. The fourth-order valence-electron chi connectivity index (χ4n) is 2.64. The van der Waals surface area contributed by atoms with Gasteiger partial charge in [-0.2, -0.15) is 0 Å². The third kappa shape index (κ3) is 5.58. The second-order valence-electron chi connectivity index (χ2n) is 5.87. The lowest BCUT2D eigenvalue weighted by Gasteiger charge is -2.06. The van der Waals surface area contributed by atoms with Crippen molar-refractivity contribution in [3.63, 3.8) is 0 Å². The van der Waals surface area contributed by atoms with Gasteiger partial charge >= 0.3 is 12.0 Å². The number of benzene rings is 1. The molecule has 26 heavy (non-hydrogen) atoms. The number of hydrogen-bond acceptors (Lipinski definition) is 4. The van der Waals surface area contributed by atoms with Crippen molar-refractivity contribution in [2.45, 2.75) is 25.7 Å². The van der Waals surface area contributed by atoms with E-state index >= 15 is 0 Å². The Morgan fingerprint density at radius 1 is 1.08 bits per heavy atom. The lowest BCUT2D eigenvalue weighted by atomic mass is 10.2. The first-order valence-electron chi connectivity index (χ1n) is 8.50. The van der Waals surface area contributed by atoms with Crippen molar-refractivity contribution in [2.75, 3.05) is 27.3 Å². The minimum Gasteiger partial charge on any atom is -0.497 e. The van der Waals surface area contributed by atoms with Gasteiger partial charge in [0.05, 0.1) is 19.7 Å². The molecular formula is C18H25N3O5. The summed E-state index contributed by atoms with van der Waals surface area (Å²) in [6.07, 6.45) is 2.02. The Balaban J connectivity index is 1.77. The lowest BCUT2D eigenvalue weighted by Crippen LogP contribution is -2.36. The van der Waals surface area contributed by atoms with Gasteiger partial charge < -0.3 is 30.2 Å². The summed E-state index contributed by atoms with van der Waals surface area (Å²) >= 11 is 0. The number of H-pyrrole nitrogens is 1. The van der Waals surface area contributed by atoms with Crippen molar-refractivity contribution in [3.8, 4) is 11.5 Å². The van der Waals surface area contributed by atoms with E-state index in [1.165, 1.54) is 0 Å². The SMILES string of the molecule is COc1cc(OC)c2cc(CCCNC(=O)NCCCC(=O)O)[nH]c2c1. The van der Waals surface area contributed by atoms with Crippen molar-refractivity contribution in [1.82, 2.24) is 15.6 Å². The quantitative estimate of drug-likeness (QED) is 0.484.